The van der Waals surface area contributed by atoms with Crippen LogP contribution < -0.4 is 0 Å². The summed E-state index contributed by atoms with van der Waals surface area (Å²) in [4.78, 5) is 11.7. The Morgan fingerprint density at radius 2 is 1.45 bits per heavy atom. The van der Waals surface area contributed by atoms with Gasteiger partial charge >= 0.3 is 0 Å². The van der Waals surface area contributed by atoms with Crippen molar-refractivity contribution in [1.29, 1.82) is 0 Å². The van der Waals surface area contributed by atoms with E-state index in [1.807, 2.05) is 0 Å². The van der Waals surface area contributed by atoms with Crippen molar-refractivity contribution in [3.8, 4) is 0 Å². The number of carbonyl (C=O) groups is 1. The van der Waals surface area contributed by atoms with Crippen LogP contribution in [0.25, 0.3) is 0 Å². The largest absolute Gasteiger partial charge is 0.299 e. The molecule has 58 valence electrons. The highest BCUT2D eigenvalue weighted by Gasteiger charge is 2.71. The zero-order chi connectivity index (χ0) is 7.16. The Bertz CT molecular complexity index is 234. The summed E-state index contributed by atoms with van der Waals surface area (Å²) in [6.07, 6.45) is 4.16. The van der Waals surface area contributed by atoms with E-state index in [-0.39, 0.29) is 0 Å². The summed E-state index contributed by atoms with van der Waals surface area (Å²) in [5.41, 5.74) is 0. The molecular weight excluding hydrogens is 136 g/mol. The second-order valence-electron chi connectivity index (χ2n) is 4.92. The van der Waals surface area contributed by atoms with Gasteiger partial charge in [-0.3, -0.25) is 4.79 Å². The fraction of sp³-hybridized carbons (Fsp3) is 0.900. The van der Waals surface area contributed by atoms with Crippen LogP contribution in [0.5, 0.6) is 0 Å². The molecule has 4 aliphatic rings. The molecule has 2 bridgehead atoms. The quantitative estimate of drug-likeness (QED) is 0.508. The van der Waals surface area contributed by atoms with Gasteiger partial charge in [-0.2, -0.15) is 0 Å². The molecule has 0 N–H and O–H groups in total. The van der Waals surface area contributed by atoms with Gasteiger partial charge in [0.1, 0.15) is 5.78 Å². The van der Waals surface area contributed by atoms with Crippen LogP contribution in [0.3, 0.4) is 0 Å². The van der Waals surface area contributed by atoms with E-state index in [0.29, 0.717) is 17.6 Å². The van der Waals surface area contributed by atoms with Crippen molar-refractivity contribution in [3.63, 3.8) is 0 Å². The van der Waals surface area contributed by atoms with Gasteiger partial charge in [0.2, 0.25) is 0 Å². The maximum atomic E-state index is 11.7. The van der Waals surface area contributed by atoms with Gasteiger partial charge in [0.05, 0.1) is 0 Å². The molecule has 0 aromatic carbocycles. The third-order valence-corrected chi connectivity index (χ3v) is 4.78. The highest BCUT2D eigenvalue weighted by atomic mass is 16.1. The molecule has 6 atom stereocenters. The van der Waals surface area contributed by atoms with Crippen LogP contribution in [-0.2, 0) is 4.79 Å². The van der Waals surface area contributed by atoms with Gasteiger partial charge in [-0.15, -0.1) is 0 Å². The van der Waals surface area contributed by atoms with Crippen molar-refractivity contribution >= 4 is 5.78 Å². The van der Waals surface area contributed by atoms with E-state index >= 15 is 0 Å². The van der Waals surface area contributed by atoms with Crippen molar-refractivity contribution in [1.82, 2.24) is 0 Å². The smallest absolute Gasteiger partial charge is 0.140 e. The fourth-order valence-electron chi connectivity index (χ4n) is 4.21. The lowest BCUT2D eigenvalue weighted by Crippen LogP contribution is -2.32. The van der Waals surface area contributed by atoms with E-state index in [1.54, 1.807) is 0 Å². The van der Waals surface area contributed by atoms with Crippen LogP contribution >= 0.6 is 0 Å². The van der Waals surface area contributed by atoms with Crippen molar-refractivity contribution in [2.75, 3.05) is 0 Å². The molecule has 4 fully saturated rings. The number of ketones is 1. The Balaban J connectivity index is 1.88. The van der Waals surface area contributed by atoms with Gasteiger partial charge < -0.3 is 0 Å². The van der Waals surface area contributed by atoms with E-state index in [1.165, 1.54) is 19.3 Å². The monoisotopic (exact) mass is 148 g/mol. The molecular formula is C10H12O. The molecule has 0 saturated heterocycles. The Labute approximate surface area is 66.2 Å². The Hall–Kier alpha value is -0.330. The van der Waals surface area contributed by atoms with Crippen LogP contribution in [-0.4, -0.2) is 5.78 Å². The van der Waals surface area contributed by atoms with E-state index < -0.39 is 0 Å². The van der Waals surface area contributed by atoms with Crippen LogP contribution in [0.4, 0.5) is 0 Å². The predicted molar refractivity (Wildman–Crippen MR) is 39.8 cm³/mol. The van der Waals surface area contributed by atoms with Gasteiger partial charge in [0, 0.05) is 11.8 Å². The molecule has 0 heterocycles. The average Bonchev–Trinajstić information content (AvgIpc) is 2.60. The predicted octanol–water partition coefficient (Wildman–Crippen LogP) is 1.48. The topological polar surface area (TPSA) is 17.1 Å². The Kier molecular flexibility index (Phi) is 0.630. The Morgan fingerprint density at radius 3 is 1.91 bits per heavy atom. The SMILES string of the molecule is O=C1C2C3CCC3C1C1CC12. The minimum Gasteiger partial charge on any atom is -0.299 e. The number of Topliss-reactive ketones (excluding diaryl/α,β-unsaturated/α-hetero) is 1. The van der Waals surface area contributed by atoms with Crippen molar-refractivity contribution < 1.29 is 4.79 Å². The molecule has 1 nitrogen and oxygen atoms in total. The highest BCUT2D eigenvalue weighted by molar-refractivity contribution is 5.91. The minimum absolute atomic E-state index is 0.573. The summed E-state index contributed by atoms with van der Waals surface area (Å²) >= 11 is 0. The maximum Gasteiger partial charge on any atom is 0.140 e. The van der Waals surface area contributed by atoms with Crippen molar-refractivity contribution in [2.24, 2.45) is 35.5 Å². The lowest BCUT2D eigenvalue weighted by Gasteiger charge is -2.38. The molecule has 0 spiro atoms. The van der Waals surface area contributed by atoms with Crippen molar-refractivity contribution in [3.05, 3.63) is 0 Å². The summed E-state index contributed by atoms with van der Waals surface area (Å²) in [5, 5.41) is 0. The zero-order valence-electron chi connectivity index (χ0n) is 6.49. The summed E-state index contributed by atoms with van der Waals surface area (Å²) in [6.45, 7) is 0. The van der Waals surface area contributed by atoms with Gasteiger partial charge in [0.25, 0.3) is 0 Å². The van der Waals surface area contributed by atoms with Crippen molar-refractivity contribution in [2.45, 2.75) is 19.3 Å². The third kappa shape index (κ3) is 0.380. The second kappa shape index (κ2) is 1.30. The number of hydrogen-bond acceptors (Lipinski definition) is 1. The average molecular weight is 148 g/mol. The second-order valence-corrected chi connectivity index (χ2v) is 4.92. The Morgan fingerprint density at radius 1 is 0.909 bits per heavy atom. The van der Waals surface area contributed by atoms with Gasteiger partial charge in [-0.05, 0) is 42.9 Å². The molecule has 0 radical (unpaired) electrons. The summed E-state index contributed by atoms with van der Waals surface area (Å²) < 4.78 is 0. The fourth-order valence-corrected chi connectivity index (χ4v) is 4.21. The first-order valence-electron chi connectivity index (χ1n) is 4.91. The lowest BCUT2D eigenvalue weighted by molar-refractivity contribution is -0.123. The molecule has 4 rings (SSSR count). The standard InChI is InChI=1S/C10H12O/c11-10-8-4-1-2-5(4)9(10)7-3-6(7)8/h4-9H,1-3H2. The highest BCUT2D eigenvalue weighted by Crippen LogP contribution is 2.72. The molecule has 11 heavy (non-hydrogen) atoms. The van der Waals surface area contributed by atoms with Crippen LogP contribution in [0.2, 0.25) is 0 Å². The summed E-state index contributed by atoms with van der Waals surface area (Å²) in [6, 6.07) is 0. The molecule has 6 unspecified atom stereocenters. The molecule has 0 aromatic rings. The number of rotatable bonds is 0. The van der Waals surface area contributed by atoms with E-state index in [2.05, 4.69) is 0 Å². The summed E-state index contributed by atoms with van der Waals surface area (Å²) in [5.74, 6) is 5.34. The minimum atomic E-state index is 0.573. The normalized spacial score (nSPS) is 68.9. The maximum absolute atomic E-state index is 11.7. The first-order valence-corrected chi connectivity index (χ1v) is 4.91. The molecule has 0 aliphatic heterocycles. The van der Waals surface area contributed by atoms with Crippen LogP contribution in [0, 0.1) is 35.5 Å². The van der Waals surface area contributed by atoms with E-state index in [0.717, 1.165) is 23.7 Å². The number of fused-ring (bicyclic) bond motifs is 8. The first-order chi connectivity index (χ1) is 5.38. The number of carbonyl (C=O) groups excluding carboxylic acids is 1. The van der Waals surface area contributed by atoms with Gasteiger partial charge in [0.15, 0.2) is 0 Å². The van der Waals surface area contributed by atoms with E-state index in [9.17, 15) is 4.79 Å². The molecule has 0 aromatic heterocycles. The van der Waals surface area contributed by atoms with Gasteiger partial charge in [-0.25, -0.2) is 0 Å². The molecule has 0 amide bonds. The molecule has 4 aliphatic carbocycles. The van der Waals surface area contributed by atoms with Gasteiger partial charge in [-0.1, -0.05) is 0 Å². The molecule has 1 heteroatoms. The molecule has 4 saturated carbocycles. The van der Waals surface area contributed by atoms with E-state index in [4.69, 9.17) is 0 Å². The first kappa shape index (κ1) is 5.34. The number of hydrogen-bond donors (Lipinski definition) is 0. The lowest BCUT2D eigenvalue weighted by atomic mass is 9.66. The third-order valence-electron chi connectivity index (χ3n) is 4.78. The summed E-state index contributed by atoms with van der Waals surface area (Å²) in [7, 11) is 0. The zero-order valence-corrected chi connectivity index (χ0v) is 6.49. The van der Waals surface area contributed by atoms with Crippen LogP contribution in [0.1, 0.15) is 19.3 Å². The van der Waals surface area contributed by atoms with Crippen LogP contribution in [0.15, 0.2) is 0 Å².